The highest BCUT2D eigenvalue weighted by molar-refractivity contribution is 5.78. The number of rotatable bonds is 7. The second kappa shape index (κ2) is 8.70. The largest absolute Gasteiger partial charge is 0.416 e. The van der Waals surface area contributed by atoms with Crippen LogP contribution in [0.15, 0.2) is 30.3 Å². The van der Waals surface area contributed by atoms with Gasteiger partial charge in [0.15, 0.2) is 0 Å². The molecule has 0 bridgehead atoms. The number of benzene rings is 1. The molecular formula is C18H22F3N5O. The van der Waals surface area contributed by atoms with Crippen molar-refractivity contribution in [1.29, 1.82) is 0 Å². The summed E-state index contributed by atoms with van der Waals surface area (Å²) in [6.45, 7) is 2.53. The van der Waals surface area contributed by atoms with E-state index in [9.17, 15) is 18.0 Å². The van der Waals surface area contributed by atoms with Crippen molar-refractivity contribution in [2.24, 2.45) is 0 Å². The van der Waals surface area contributed by atoms with E-state index in [1.54, 1.807) is 13.0 Å². The van der Waals surface area contributed by atoms with Gasteiger partial charge in [-0.1, -0.05) is 18.2 Å². The summed E-state index contributed by atoms with van der Waals surface area (Å²) in [7, 11) is 3.75. The van der Waals surface area contributed by atoms with Gasteiger partial charge in [-0.25, -0.2) is 9.97 Å². The van der Waals surface area contributed by atoms with E-state index in [-0.39, 0.29) is 12.3 Å². The fourth-order valence-corrected chi connectivity index (χ4v) is 2.37. The van der Waals surface area contributed by atoms with E-state index >= 15 is 0 Å². The maximum Gasteiger partial charge on any atom is 0.416 e. The van der Waals surface area contributed by atoms with Gasteiger partial charge in [0.1, 0.15) is 17.5 Å². The van der Waals surface area contributed by atoms with Crippen LogP contribution < -0.4 is 15.5 Å². The van der Waals surface area contributed by atoms with Crippen molar-refractivity contribution in [2.75, 3.05) is 37.4 Å². The van der Waals surface area contributed by atoms with E-state index in [0.29, 0.717) is 30.3 Å². The first kappa shape index (κ1) is 20.5. The molecule has 0 saturated carbocycles. The van der Waals surface area contributed by atoms with Gasteiger partial charge in [0.05, 0.1) is 12.0 Å². The van der Waals surface area contributed by atoms with Gasteiger partial charge >= 0.3 is 6.18 Å². The molecule has 1 aromatic heterocycles. The molecule has 0 aliphatic rings. The molecule has 9 heteroatoms. The number of aromatic nitrogens is 2. The van der Waals surface area contributed by atoms with Crippen molar-refractivity contribution in [3.63, 3.8) is 0 Å². The number of hydrogen-bond donors (Lipinski definition) is 2. The highest BCUT2D eigenvalue weighted by atomic mass is 19.4. The molecule has 1 aromatic carbocycles. The van der Waals surface area contributed by atoms with E-state index in [2.05, 4.69) is 20.6 Å². The first-order valence-electron chi connectivity index (χ1n) is 8.35. The van der Waals surface area contributed by atoms with Crippen molar-refractivity contribution < 1.29 is 18.0 Å². The van der Waals surface area contributed by atoms with Gasteiger partial charge in [-0.3, -0.25) is 4.79 Å². The third kappa shape index (κ3) is 6.43. The average Bonchev–Trinajstić information content (AvgIpc) is 2.58. The van der Waals surface area contributed by atoms with Gasteiger partial charge in [-0.05, 0) is 18.6 Å². The molecular weight excluding hydrogens is 359 g/mol. The number of hydrogen-bond acceptors (Lipinski definition) is 5. The molecule has 1 heterocycles. The van der Waals surface area contributed by atoms with Gasteiger partial charge in [0.25, 0.3) is 0 Å². The van der Waals surface area contributed by atoms with Gasteiger partial charge < -0.3 is 15.5 Å². The third-order valence-corrected chi connectivity index (χ3v) is 3.65. The molecule has 2 rings (SSSR count). The van der Waals surface area contributed by atoms with Crippen molar-refractivity contribution in [1.82, 2.24) is 15.3 Å². The molecule has 2 aromatic rings. The van der Waals surface area contributed by atoms with Gasteiger partial charge in [-0.2, -0.15) is 13.2 Å². The highest BCUT2D eigenvalue weighted by Crippen LogP contribution is 2.29. The van der Waals surface area contributed by atoms with Crippen LogP contribution in [0.5, 0.6) is 0 Å². The van der Waals surface area contributed by atoms with Crippen LogP contribution in [0.2, 0.25) is 0 Å². The van der Waals surface area contributed by atoms with Crippen LogP contribution in [0.3, 0.4) is 0 Å². The predicted molar refractivity (Wildman–Crippen MR) is 97.7 cm³/mol. The first-order valence-corrected chi connectivity index (χ1v) is 8.35. The van der Waals surface area contributed by atoms with E-state index in [1.165, 1.54) is 12.1 Å². The number of amides is 1. The lowest BCUT2D eigenvalue weighted by Crippen LogP contribution is -2.30. The third-order valence-electron chi connectivity index (χ3n) is 3.65. The van der Waals surface area contributed by atoms with E-state index in [1.807, 2.05) is 19.0 Å². The summed E-state index contributed by atoms with van der Waals surface area (Å²) in [5.74, 6) is 1.68. The van der Waals surface area contributed by atoms with Crippen molar-refractivity contribution in [3.8, 4) is 0 Å². The number of aryl methyl sites for hydroxylation is 1. The summed E-state index contributed by atoms with van der Waals surface area (Å²) < 4.78 is 38.1. The van der Waals surface area contributed by atoms with E-state index < -0.39 is 11.7 Å². The van der Waals surface area contributed by atoms with E-state index in [0.717, 1.165) is 18.0 Å². The van der Waals surface area contributed by atoms with Crippen molar-refractivity contribution in [2.45, 2.75) is 19.5 Å². The highest BCUT2D eigenvalue weighted by Gasteiger charge is 2.30. The standard InChI is InChI=1S/C18H22F3N5O/c1-12-24-15(11-16(25-12)26(2)3)22-7-8-23-17(27)10-13-5-4-6-14(9-13)18(19,20)21/h4-6,9,11H,7-8,10H2,1-3H3,(H,23,27)(H,22,24,25). The molecule has 0 aliphatic carbocycles. The van der Waals surface area contributed by atoms with Crippen LogP contribution in [0.25, 0.3) is 0 Å². The summed E-state index contributed by atoms with van der Waals surface area (Å²) in [5, 5.41) is 5.76. The Balaban J connectivity index is 1.82. The fraction of sp³-hybridized carbons (Fsp3) is 0.389. The first-order chi connectivity index (χ1) is 12.6. The zero-order chi connectivity index (χ0) is 20.0. The monoisotopic (exact) mass is 381 g/mol. The Morgan fingerprint density at radius 3 is 2.56 bits per heavy atom. The molecule has 0 fully saturated rings. The summed E-state index contributed by atoms with van der Waals surface area (Å²) in [5.41, 5.74) is -0.442. The van der Waals surface area contributed by atoms with Gasteiger partial charge in [0, 0.05) is 33.3 Å². The minimum atomic E-state index is -4.42. The van der Waals surface area contributed by atoms with Crippen LogP contribution in [0.4, 0.5) is 24.8 Å². The normalized spacial score (nSPS) is 11.2. The molecule has 146 valence electrons. The number of nitrogens with zero attached hydrogens (tertiary/aromatic N) is 3. The molecule has 0 unspecified atom stereocenters. The summed E-state index contributed by atoms with van der Waals surface area (Å²) in [6.07, 6.45) is -4.53. The summed E-state index contributed by atoms with van der Waals surface area (Å²) in [6, 6.07) is 6.56. The smallest absolute Gasteiger partial charge is 0.368 e. The van der Waals surface area contributed by atoms with E-state index in [4.69, 9.17) is 0 Å². The number of alkyl halides is 3. The van der Waals surface area contributed by atoms with Crippen LogP contribution in [0.1, 0.15) is 17.0 Å². The second-order valence-corrected chi connectivity index (χ2v) is 6.20. The number of nitrogens with one attached hydrogen (secondary N) is 2. The lowest BCUT2D eigenvalue weighted by Gasteiger charge is -2.14. The van der Waals surface area contributed by atoms with Crippen LogP contribution in [0, 0.1) is 6.92 Å². The lowest BCUT2D eigenvalue weighted by molar-refractivity contribution is -0.137. The Bertz CT molecular complexity index is 793. The van der Waals surface area contributed by atoms with Crippen molar-refractivity contribution in [3.05, 3.63) is 47.3 Å². The predicted octanol–water partition coefficient (Wildman–Crippen LogP) is 2.64. The molecule has 0 radical (unpaired) electrons. The molecule has 27 heavy (non-hydrogen) atoms. The molecule has 1 amide bonds. The van der Waals surface area contributed by atoms with Gasteiger partial charge in [0.2, 0.25) is 5.91 Å². The Kier molecular flexibility index (Phi) is 6.59. The number of anilines is 2. The second-order valence-electron chi connectivity index (χ2n) is 6.20. The number of carbonyl (C=O) groups is 1. The lowest BCUT2D eigenvalue weighted by atomic mass is 10.1. The Morgan fingerprint density at radius 1 is 1.15 bits per heavy atom. The molecule has 0 atom stereocenters. The number of halogens is 3. The van der Waals surface area contributed by atoms with Gasteiger partial charge in [-0.15, -0.1) is 0 Å². The topological polar surface area (TPSA) is 70.2 Å². The average molecular weight is 381 g/mol. The zero-order valence-electron chi connectivity index (χ0n) is 15.4. The molecule has 0 saturated heterocycles. The summed E-state index contributed by atoms with van der Waals surface area (Å²) >= 11 is 0. The fourth-order valence-electron chi connectivity index (χ4n) is 2.37. The maximum absolute atomic E-state index is 12.7. The Hall–Kier alpha value is -2.84. The van der Waals surface area contributed by atoms with Crippen LogP contribution in [-0.2, 0) is 17.4 Å². The molecule has 0 aliphatic heterocycles. The Morgan fingerprint density at radius 2 is 1.89 bits per heavy atom. The molecule has 6 nitrogen and oxygen atoms in total. The van der Waals surface area contributed by atoms with Crippen LogP contribution in [-0.4, -0.2) is 43.1 Å². The minimum Gasteiger partial charge on any atom is -0.368 e. The molecule has 0 spiro atoms. The maximum atomic E-state index is 12.7. The molecule has 2 N–H and O–H groups in total. The van der Waals surface area contributed by atoms with Crippen LogP contribution >= 0.6 is 0 Å². The van der Waals surface area contributed by atoms with Crippen molar-refractivity contribution >= 4 is 17.5 Å². The number of carbonyl (C=O) groups excluding carboxylic acids is 1. The SMILES string of the molecule is Cc1nc(NCCNC(=O)Cc2cccc(C(F)(F)F)c2)cc(N(C)C)n1. The zero-order valence-corrected chi connectivity index (χ0v) is 15.4. The Labute approximate surface area is 155 Å². The quantitative estimate of drug-likeness (QED) is 0.722. The minimum absolute atomic E-state index is 0.110. The summed E-state index contributed by atoms with van der Waals surface area (Å²) in [4.78, 5) is 22.3.